The van der Waals surface area contributed by atoms with E-state index < -0.39 is 0 Å². The summed E-state index contributed by atoms with van der Waals surface area (Å²) in [5, 5.41) is 3.36. The molecule has 1 heterocycles. The molecular formula is C17H17BrN2O. The summed E-state index contributed by atoms with van der Waals surface area (Å²) >= 11 is 3.44. The third-order valence-corrected chi connectivity index (χ3v) is 4.26. The van der Waals surface area contributed by atoms with Gasteiger partial charge in [-0.3, -0.25) is 4.79 Å². The monoisotopic (exact) mass is 344 g/mol. The summed E-state index contributed by atoms with van der Waals surface area (Å²) in [5.74, 6) is 0.128. The molecule has 0 fully saturated rings. The van der Waals surface area contributed by atoms with E-state index >= 15 is 0 Å². The van der Waals surface area contributed by atoms with Crippen LogP contribution in [0, 0.1) is 5.92 Å². The lowest BCUT2D eigenvalue weighted by molar-refractivity contribution is -0.121. The number of nitrogens with zero attached hydrogens (tertiary/aromatic N) is 1. The van der Waals surface area contributed by atoms with Gasteiger partial charge in [-0.25, -0.2) is 0 Å². The summed E-state index contributed by atoms with van der Waals surface area (Å²) in [6, 6.07) is 16.1. The van der Waals surface area contributed by atoms with Gasteiger partial charge in [-0.05, 0) is 29.8 Å². The van der Waals surface area contributed by atoms with Crippen LogP contribution in [0.4, 0.5) is 11.4 Å². The van der Waals surface area contributed by atoms with Crippen molar-refractivity contribution in [2.24, 2.45) is 5.92 Å². The number of nitrogens with one attached hydrogen (secondary N) is 1. The Morgan fingerprint density at radius 2 is 1.90 bits per heavy atom. The standard InChI is InChI=1S/C17H17BrN2O/c1-12-10-19-15-4-2-3-5-16(15)20(17(12)21)11-13-6-8-14(18)9-7-13/h2-9,12,19H,10-11H2,1H3. The molecule has 0 bridgehead atoms. The molecule has 21 heavy (non-hydrogen) atoms. The van der Waals surface area contributed by atoms with Crippen LogP contribution in [0.2, 0.25) is 0 Å². The number of para-hydroxylation sites is 2. The Morgan fingerprint density at radius 1 is 1.19 bits per heavy atom. The van der Waals surface area contributed by atoms with E-state index in [1.807, 2.05) is 60.4 Å². The molecule has 1 unspecified atom stereocenters. The highest BCUT2D eigenvalue weighted by Crippen LogP contribution is 2.31. The number of halogens is 1. The van der Waals surface area contributed by atoms with Crippen molar-refractivity contribution in [2.75, 3.05) is 16.8 Å². The number of carbonyl (C=O) groups is 1. The molecule has 0 aromatic heterocycles. The number of amides is 1. The van der Waals surface area contributed by atoms with E-state index in [2.05, 4.69) is 21.2 Å². The van der Waals surface area contributed by atoms with E-state index in [9.17, 15) is 4.79 Å². The fraction of sp³-hybridized carbons (Fsp3) is 0.235. The molecule has 0 spiro atoms. The topological polar surface area (TPSA) is 32.3 Å². The molecule has 3 nitrogen and oxygen atoms in total. The van der Waals surface area contributed by atoms with E-state index in [0.29, 0.717) is 13.1 Å². The summed E-state index contributed by atoms with van der Waals surface area (Å²) in [7, 11) is 0. The Kier molecular flexibility index (Phi) is 3.97. The molecule has 2 aromatic rings. The summed E-state index contributed by atoms with van der Waals surface area (Å²) in [6.45, 7) is 3.23. The first-order valence-corrected chi connectivity index (χ1v) is 7.83. The van der Waals surface area contributed by atoms with Crippen LogP contribution in [-0.2, 0) is 11.3 Å². The lowest BCUT2D eigenvalue weighted by Gasteiger charge is -2.24. The molecule has 3 rings (SSSR count). The maximum absolute atomic E-state index is 12.7. The van der Waals surface area contributed by atoms with Gasteiger partial charge in [0.15, 0.2) is 0 Å². The van der Waals surface area contributed by atoms with Crippen molar-refractivity contribution in [3.63, 3.8) is 0 Å². The van der Waals surface area contributed by atoms with Gasteiger partial charge in [0.05, 0.1) is 23.8 Å². The average Bonchev–Trinajstić information content (AvgIpc) is 2.62. The third-order valence-electron chi connectivity index (χ3n) is 3.74. The van der Waals surface area contributed by atoms with Gasteiger partial charge in [0, 0.05) is 11.0 Å². The number of hydrogen-bond donors (Lipinski definition) is 1. The number of rotatable bonds is 2. The summed E-state index contributed by atoms with van der Waals surface area (Å²) in [5.41, 5.74) is 3.09. The van der Waals surface area contributed by atoms with Crippen LogP contribution in [0.1, 0.15) is 12.5 Å². The lowest BCUT2D eigenvalue weighted by Crippen LogP contribution is -2.34. The second kappa shape index (κ2) is 5.90. The minimum absolute atomic E-state index is 0.0344. The molecule has 0 radical (unpaired) electrons. The van der Waals surface area contributed by atoms with Crippen molar-refractivity contribution >= 4 is 33.2 Å². The van der Waals surface area contributed by atoms with Gasteiger partial charge < -0.3 is 10.2 Å². The fourth-order valence-corrected chi connectivity index (χ4v) is 2.79. The van der Waals surface area contributed by atoms with Gasteiger partial charge in [0.25, 0.3) is 0 Å². The number of anilines is 2. The van der Waals surface area contributed by atoms with Crippen molar-refractivity contribution in [3.05, 3.63) is 58.6 Å². The Bertz CT molecular complexity index is 654. The molecule has 4 heteroatoms. The molecule has 1 aliphatic heterocycles. The molecule has 2 aromatic carbocycles. The maximum Gasteiger partial charge on any atom is 0.231 e. The first-order chi connectivity index (χ1) is 10.1. The molecule has 0 aliphatic carbocycles. The highest BCUT2D eigenvalue weighted by atomic mass is 79.9. The normalized spacial score (nSPS) is 17.9. The third kappa shape index (κ3) is 2.95. The Hall–Kier alpha value is -1.81. The first kappa shape index (κ1) is 14.1. The average molecular weight is 345 g/mol. The zero-order valence-corrected chi connectivity index (χ0v) is 13.4. The van der Waals surface area contributed by atoms with Crippen LogP contribution in [-0.4, -0.2) is 12.5 Å². The zero-order valence-electron chi connectivity index (χ0n) is 11.8. The van der Waals surface area contributed by atoms with Crippen LogP contribution in [0.3, 0.4) is 0 Å². The van der Waals surface area contributed by atoms with Crippen molar-refractivity contribution in [1.82, 2.24) is 0 Å². The number of benzene rings is 2. The molecule has 0 saturated carbocycles. The molecule has 1 N–H and O–H groups in total. The first-order valence-electron chi connectivity index (χ1n) is 7.04. The minimum Gasteiger partial charge on any atom is -0.383 e. The zero-order chi connectivity index (χ0) is 14.8. The molecule has 0 saturated heterocycles. The quantitative estimate of drug-likeness (QED) is 0.891. The second-order valence-electron chi connectivity index (χ2n) is 5.35. The van der Waals surface area contributed by atoms with Crippen molar-refractivity contribution < 1.29 is 4.79 Å². The lowest BCUT2D eigenvalue weighted by atomic mass is 10.1. The molecular weight excluding hydrogens is 328 g/mol. The molecule has 1 atom stereocenters. The van der Waals surface area contributed by atoms with Crippen molar-refractivity contribution in [1.29, 1.82) is 0 Å². The SMILES string of the molecule is CC1CNc2ccccc2N(Cc2ccc(Br)cc2)C1=O. The van der Waals surface area contributed by atoms with E-state index in [-0.39, 0.29) is 11.8 Å². The van der Waals surface area contributed by atoms with E-state index in [4.69, 9.17) is 0 Å². The number of fused-ring (bicyclic) bond motifs is 1. The van der Waals surface area contributed by atoms with Crippen LogP contribution in [0.25, 0.3) is 0 Å². The van der Waals surface area contributed by atoms with Gasteiger partial charge in [0.1, 0.15) is 0 Å². The Labute approximate surface area is 133 Å². The predicted octanol–water partition coefficient (Wildman–Crippen LogP) is 4.04. The summed E-state index contributed by atoms with van der Waals surface area (Å²) < 4.78 is 1.05. The van der Waals surface area contributed by atoms with Crippen LogP contribution >= 0.6 is 15.9 Å². The highest BCUT2D eigenvalue weighted by molar-refractivity contribution is 9.10. The number of carbonyl (C=O) groups excluding carboxylic acids is 1. The van der Waals surface area contributed by atoms with Gasteiger partial charge >= 0.3 is 0 Å². The van der Waals surface area contributed by atoms with E-state index in [1.165, 1.54) is 0 Å². The van der Waals surface area contributed by atoms with Crippen molar-refractivity contribution in [3.8, 4) is 0 Å². The largest absolute Gasteiger partial charge is 0.383 e. The summed E-state index contributed by atoms with van der Waals surface area (Å²) in [4.78, 5) is 14.5. The molecule has 1 aliphatic rings. The summed E-state index contributed by atoms with van der Waals surface area (Å²) in [6.07, 6.45) is 0. The van der Waals surface area contributed by atoms with Crippen LogP contribution < -0.4 is 10.2 Å². The molecule has 108 valence electrons. The van der Waals surface area contributed by atoms with Crippen LogP contribution in [0.15, 0.2) is 53.0 Å². The maximum atomic E-state index is 12.7. The van der Waals surface area contributed by atoms with Gasteiger partial charge in [-0.1, -0.05) is 47.1 Å². The van der Waals surface area contributed by atoms with Crippen molar-refractivity contribution in [2.45, 2.75) is 13.5 Å². The van der Waals surface area contributed by atoms with E-state index in [1.54, 1.807) is 0 Å². The van der Waals surface area contributed by atoms with E-state index in [0.717, 1.165) is 21.4 Å². The van der Waals surface area contributed by atoms with Crippen LogP contribution in [0.5, 0.6) is 0 Å². The molecule has 1 amide bonds. The Morgan fingerprint density at radius 3 is 2.67 bits per heavy atom. The predicted molar refractivity (Wildman–Crippen MR) is 89.4 cm³/mol. The Balaban J connectivity index is 1.97. The van der Waals surface area contributed by atoms with Gasteiger partial charge in [-0.2, -0.15) is 0 Å². The van der Waals surface area contributed by atoms with Gasteiger partial charge in [0.2, 0.25) is 5.91 Å². The highest BCUT2D eigenvalue weighted by Gasteiger charge is 2.27. The fourth-order valence-electron chi connectivity index (χ4n) is 2.53. The number of hydrogen-bond acceptors (Lipinski definition) is 2. The smallest absolute Gasteiger partial charge is 0.231 e. The van der Waals surface area contributed by atoms with Gasteiger partial charge in [-0.15, -0.1) is 0 Å². The second-order valence-corrected chi connectivity index (χ2v) is 6.27. The minimum atomic E-state index is -0.0344.